The van der Waals surface area contributed by atoms with Crippen LogP contribution < -0.4 is 0 Å². The maximum Gasteiger partial charge on any atom is 0.384 e. The Balaban J connectivity index is 2.15. The summed E-state index contributed by atoms with van der Waals surface area (Å²) in [6.07, 6.45) is -8.03. The summed E-state index contributed by atoms with van der Waals surface area (Å²) in [5.41, 5.74) is 0.741. The normalized spacial score (nSPS) is 27.7. The molecule has 0 bridgehead atoms. The van der Waals surface area contributed by atoms with Gasteiger partial charge in [-0.05, 0) is 12.5 Å². The molecule has 6 atom stereocenters. The van der Waals surface area contributed by atoms with Crippen molar-refractivity contribution in [3.05, 3.63) is 46.0 Å². The van der Waals surface area contributed by atoms with Crippen LogP contribution in [0.3, 0.4) is 0 Å². The molecule has 1 aromatic carbocycles. The fraction of sp³-hybridized carbons (Fsp3) is 0.562. The van der Waals surface area contributed by atoms with E-state index in [4.69, 9.17) is 9.47 Å². The van der Waals surface area contributed by atoms with Gasteiger partial charge >= 0.3 is 12.0 Å². The van der Waals surface area contributed by atoms with Crippen molar-refractivity contribution in [2.45, 2.75) is 50.3 Å². The first-order valence-electron chi connectivity index (χ1n) is 8.02. The highest BCUT2D eigenvalue weighted by molar-refractivity contribution is 5.75. The van der Waals surface area contributed by atoms with Gasteiger partial charge in [-0.3, -0.25) is 10.1 Å². The molecule has 0 aromatic heterocycles. The Morgan fingerprint density at radius 2 is 2.00 bits per heavy atom. The van der Waals surface area contributed by atoms with Gasteiger partial charge in [0.2, 0.25) is 0 Å². The first-order valence-corrected chi connectivity index (χ1v) is 8.02. The van der Waals surface area contributed by atoms with Crippen molar-refractivity contribution >= 4 is 5.97 Å². The lowest BCUT2D eigenvalue weighted by molar-refractivity contribution is -0.525. The van der Waals surface area contributed by atoms with E-state index in [9.17, 15) is 30.2 Å². The van der Waals surface area contributed by atoms with Crippen LogP contribution in [0.5, 0.6) is 0 Å². The largest absolute Gasteiger partial charge is 0.461 e. The fourth-order valence-electron chi connectivity index (χ4n) is 2.67. The second-order valence-corrected chi connectivity index (χ2v) is 5.72. The number of benzene rings is 1. The van der Waals surface area contributed by atoms with Crippen LogP contribution in [0.15, 0.2) is 30.3 Å². The molecule has 10 nitrogen and oxygen atoms in total. The molecule has 0 spiro atoms. The van der Waals surface area contributed by atoms with E-state index in [1.807, 2.05) is 0 Å². The van der Waals surface area contributed by atoms with Gasteiger partial charge in [-0.2, -0.15) is 0 Å². The summed E-state index contributed by atoms with van der Waals surface area (Å²) in [6.45, 7) is 1.36. The van der Waals surface area contributed by atoms with E-state index in [1.165, 1.54) is 6.92 Å². The van der Waals surface area contributed by atoms with E-state index >= 15 is 0 Å². The van der Waals surface area contributed by atoms with Crippen molar-refractivity contribution in [3.63, 3.8) is 0 Å². The second kappa shape index (κ2) is 9.01. The quantitative estimate of drug-likeness (QED) is 0.304. The molecule has 1 unspecified atom stereocenters. The van der Waals surface area contributed by atoms with Gasteiger partial charge in [-0.25, -0.2) is 4.79 Å². The molecule has 2 rings (SSSR count). The molecule has 1 fully saturated rings. The van der Waals surface area contributed by atoms with Crippen LogP contribution in [0, 0.1) is 10.1 Å². The fourth-order valence-corrected chi connectivity index (χ4v) is 2.67. The Labute approximate surface area is 149 Å². The van der Waals surface area contributed by atoms with Crippen LogP contribution >= 0.6 is 0 Å². The lowest BCUT2D eigenvalue weighted by Gasteiger charge is -2.25. The SMILES string of the molecule is CCOC(=O)C([C@@H](O)[C@H]1O[C@H](O)[C@H](O)[C@H]1OCc1ccccc1)[N+](=O)[O-]. The monoisotopic (exact) mass is 371 g/mol. The van der Waals surface area contributed by atoms with Crippen molar-refractivity contribution < 1.29 is 39.2 Å². The third-order valence-corrected chi connectivity index (χ3v) is 3.95. The first-order chi connectivity index (χ1) is 12.4. The number of carbonyl (C=O) groups excluding carboxylic acids is 1. The summed E-state index contributed by atoms with van der Waals surface area (Å²) < 4.78 is 15.1. The minimum atomic E-state index is -2.14. The average molecular weight is 371 g/mol. The van der Waals surface area contributed by atoms with Crippen molar-refractivity contribution in [1.29, 1.82) is 0 Å². The highest BCUT2D eigenvalue weighted by Gasteiger charge is 2.54. The number of rotatable bonds is 8. The number of esters is 1. The van der Waals surface area contributed by atoms with E-state index in [2.05, 4.69) is 4.74 Å². The molecule has 26 heavy (non-hydrogen) atoms. The van der Waals surface area contributed by atoms with Crippen molar-refractivity contribution in [1.82, 2.24) is 0 Å². The third kappa shape index (κ3) is 4.54. The number of nitro groups is 1. The zero-order chi connectivity index (χ0) is 19.3. The topological polar surface area (TPSA) is 149 Å². The molecule has 144 valence electrons. The summed E-state index contributed by atoms with van der Waals surface area (Å²) in [5, 5.41) is 41.2. The van der Waals surface area contributed by atoms with E-state index < -0.39 is 47.6 Å². The van der Waals surface area contributed by atoms with Gasteiger partial charge in [-0.15, -0.1) is 0 Å². The Bertz CT molecular complexity index is 611. The summed E-state index contributed by atoms with van der Waals surface area (Å²) in [4.78, 5) is 22.0. The van der Waals surface area contributed by atoms with E-state index in [0.29, 0.717) is 0 Å². The number of hydrogen-bond acceptors (Lipinski definition) is 9. The predicted molar refractivity (Wildman–Crippen MR) is 85.3 cm³/mol. The summed E-state index contributed by atoms with van der Waals surface area (Å²) in [5.74, 6) is -1.24. The van der Waals surface area contributed by atoms with E-state index in [0.717, 1.165) is 5.56 Å². The Morgan fingerprint density at radius 1 is 1.35 bits per heavy atom. The van der Waals surface area contributed by atoms with Gasteiger partial charge in [0.25, 0.3) is 0 Å². The van der Waals surface area contributed by atoms with Gasteiger partial charge in [0.05, 0.1) is 13.2 Å². The highest BCUT2D eigenvalue weighted by atomic mass is 16.7. The van der Waals surface area contributed by atoms with Crippen LogP contribution in [0.25, 0.3) is 0 Å². The second-order valence-electron chi connectivity index (χ2n) is 5.72. The molecule has 0 amide bonds. The summed E-state index contributed by atoms with van der Waals surface area (Å²) in [7, 11) is 0. The lowest BCUT2D eigenvalue weighted by atomic mass is 10.00. The van der Waals surface area contributed by atoms with Crippen molar-refractivity contribution in [3.8, 4) is 0 Å². The van der Waals surface area contributed by atoms with E-state index in [1.54, 1.807) is 30.3 Å². The minimum Gasteiger partial charge on any atom is -0.461 e. The Morgan fingerprint density at radius 3 is 2.58 bits per heavy atom. The van der Waals surface area contributed by atoms with Gasteiger partial charge in [0, 0.05) is 4.92 Å². The maximum absolute atomic E-state index is 11.8. The molecule has 1 heterocycles. The predicted octanol–water partition coefficient (Wildman–Crippen LogP) is -0.781. The van der Waals surface area contributed by atoms with Gasteiger partial charge < -0.3 is 29.5 Å². The molecule has 0 aliphatic carbocycles. The Kier molecular flexibility index (Phi) is 7.00. The zero-order valence-electron chi connectivity index (χ0n) is 14.0. The number of aliphatic hydroxyl groups is 3. The molecule has 10 heteroatoms. The lowest BCUT2D eigenvalue weighted by Crippen LogP contribution is -2.52. The van der Waals surface area contributed by atoms with Gasteiger partial charge in [0.1, 0.15) is 18.3 Å². The van der Waals surface area contributed by atoms with Crippen LogP contribution in [0.2, 0.25) is 0 Å². The smallest absolute Gasteiger partial charge is 0.384 e. The number of hydrogen-bond donors (Lipinski definition) is 3. The molecule has 1 aromatic rings. The van der Waals surface area contributed by atoms with Crippen LogP contribution in [-0.4, -0.2) is 69.6 Å². The molecule has 3 N–H and O–H groups in total. The molecule has 0 radical (unpaired) electrons. The van der Waals surface area contributed by atoms with Crippen molar-refractivity contribution in [2.75, 3.05) is 6.61 Å². The standard InChI is InChI=1S/C16H21NO9/c1-2-24-15(20)10(17(22)23)11(18)14-13(12(19)16(21)26-14)25-8-9-6-4-3-5-7-9/h3-7,10-14,16,18-19,21H,2,8H2,1H3/t10?,11-,12-,13-,14-,16+/m1/s1. The van der Waals surface area contributed by atoms with Crippen molar-refractivity contribution in [2.24, 2.45) is 0 Å². The molecule has 1 aliphatic rings. The minimum absolute atomic E-state index is 0.00437. The summed E-state index contributed by atoms with van der Waals surface area (Å²) in [6, 6.07) is 6.70. The van der Waals surface area contributed by atoms with Crippen LogP contribution in [0.1, 0.15) is 12.5 Å². The number of ether oxygens (including phenoxy) is 3. The number of aliphatic hydroxyl groups excluding tert-OH is 3. The highest BCUT2D eigenvalue weighted by Crippen LogP contribution is 2.28. The third-order valence-electron chi connectivity index (χ3n) is 3.95. The average Bonchev–Trinajstić information content (AvgIpc) is 2.89. The first kappa shape index (κ1) is 20.2. The molecular weight excluding hydrogens is 350 g/mol. The molecule has 1 aliphatic heterocycles. The van der Waals surface area contributed by atoms with Crippen LogP contribution in [0.4, 0.5) is 0 Å². The maximum atomic E-state index is 11.8. The molecular formula is C16H21NO9. The zero-order valence-corrected chi connectivity index (χ0v) is 14.0. The molecule has 1 saturated heterocycles. The van der Waals surface area contributed by atoms with E-state index in [-0.39, 0.29) is 13.2 Å². The van der Waals surface area contributed by atoms with Gasteiger partial charge in [0.15, 0.2) is 12.4 Å². The number of carbonyl (C=O) groups is 1. The van der Waals surface area contributed by atoms with Gasteiger partial charge in [-0.1, -0.05) is 30.3 Å². The summed E-state index contributed by atoms with van der Waals surface area (Å²) >= 11 is 0. The Hall–Kier alpha value is -2.11. The number of nitrogens with zero attached hydrogens (tertiary/aromatic N) is 1. The molecule has 0 saturated carbocycles. The van der Waals surface area contributed by atoms with Crippen LogP contribution in [-0.2, 0) is 25.6 Å².